The Labute approximate surface area is 173 Å². The van der Waals surface area contributed by atoms with Crippen LogP contribution in [0.5, 0.6) is 0 Å². The third-order valence-corrected chi connectivity index (χ3v) is 4.64. The van der Waals surface area contributed by atoms with Gasteiger partial charge in [0.05, 0.1) is 4.92 Å². The number of nitro groups is 1. The van der Waals surface area contributed by atoms with E-state index in [1.807, 2.05) is 60.7 Å². The number of anilines is 1. The Balaban J connectivity index is 1.59. The first-order chi connectivity index (χ1) is 14.5. The molecule has 0 heterocycles. The van der Waals surface area contributed by atoms with Crippen molar-refractivity contribution in [2.75, 3.05) is 11.9 Å². The van der Waals surface area contributed by atoms with Crippen molar-refractivity contribution in [3.05, 3.63) is 106 Å². The van der Waals surface area contributed by atoms with E-state index in [1.54, 1.807) is 0 Å². The van der Waals surface area contributed by atoms with Gasteiger partial charge in [-0.25, -0.2) is 0 Å². The van der Waals surface area contributed by atoms with E-state index >= 15 is 0 Å². The standard InChI is InChI=1S/C23H21N3O4/c27-22(23(28)25-19-12-7-13-20(16-19)26(29)30)24-15-14-21(17-8-3-1-4-9-17)18-10-5-2-6-11-18/h1-13,16,21H,14-15H2,(H,24,27)(H,25,28). The number of benzene rings is 3. The van der Waals surface area contributed by atoms with Crippen LogP contribution >= 0.6 is 0 Å². The summed E-state index contributed by atoms with van der Waals surface area (Å²) in [6.07, 6.45) is 0.615. The highest BCUT2D eigenvalue weighted by Crippen LogP contribution is 2.27. The predicted molar refractivity (Wildman–Crippen MR) is 114 cm³/mol. The third kappa shape index (κ3) is 5.51. The molecule has 0 unspecified atom stereocenters. The molecule has 0 aliphatic rings. The first kappa shape index (κ1) is 20.7. The van der Waals surface area contributed by atoms with Crippen molar-refractivity contribution in [2.24, 2.45) is 0 Å². The molecule has 0 aliphatic heterocycles. The molecule has 3 aromatic carbocycles. The normalized spacial score (nSPS) is 10.4. The van der Waals surface area contributed by atoms with Crippen LogP contribution in [0.3, 0.4) is 0 Å². The quantitative estimate of drug-likeness (QED) is 0.355. The Kier molecular flexibility index (Phi) is 6.89. The van der Waals surface area contributed by atoms with Crippen LogP contribution in [0, 0.1) is 10.1 Å². The molecule has 3 rings (SSSR count). The molecule has 0 saturated carbocycles. The molecule has 2 N–H and O–H groups in total. The van der Waals surface area contributed by atoms with Gasteiger partial charge >= 0.3 is 11.8 Å². The summed E-state index contributed by atoms with van der Waals surface area (Å²) in [7, 11) is 0. The predicted octanol–water partition coefficient (Wildman–Crippen LogP) is 3.87. The lowest BCUT2D eigenvalue weighted by Gasteiger charge is -2.18. The van der Waals surface area contributed by atoms with Crippen LogP contribution in [-0.2, 0) is 9.59 Å². The van der Waals surface area contributed by atoms with Gasteiger partial charge in [-0.15, -0.1) is 0 Å². The molecular weight excluding hydrogens is 382 g/mol. The minimum atomic E-state index is -0.869. The topological polar surface area (TPSA) is 101 Å². The van der Waals surface area contributed by atoms with Crippen LogP contribution in [0.4, 0.5) is 11.4 Å². The Bertz CT molecular complexity index is 983. The first-order valence-electron chi connectivity index (χ1n) is 9.48. The second-order valence-corrected chi connectivity index (χ2v) is 6.68. The van der Waals surface area contributed by atoms with Crippen LogP contribution < -0.4 is 10.6 Å². The number of nitrogens with zero attached hydrogens (tertiary/aromatic N) is 1. The monoisotopic (exact) mass is 403 g/mol. The van der Waals surface area contributed by atoms with Crippen LogP contribution in [0.2, 0.25) is 0 Å². The molecule has 0 saturated heterocycles. The third-order valence-electron chi connectivity index (χ3n) is 4.64. The van der Waals surface area contributed by atoms with Crippen molar-refractivity contribution in [1.29, 1.82) is 0 Å². The zero-order valence-corrected chi connectivity index (χ0v) is 16.2. The largest absolute Gasteiger partial charge is 0.348 e. The van der Waals surface area contributed by atoms with E-state index in [0.29, 0.717) is 13.0 Å². The SMILES string of the molecule is O=C(NCCC(c1ccccc1)c1ccccc1)C(=O)Nc1cccc([N+](=O)[O-])c1. The van der Waals surface area contributed by atoms with Gasteiger partial charge in [-0.3, -0.25) is 19.7 Å². The minimum Gasteiger partial charge on any atom is -0.348 e. The number of amides is 2. The van der Waals surface area contributed by atoms with E-state index in [1.165, 1.54) is 24.3 Å². The lowest BCUT2D eigenvalue weighted by atomic mass is 9.88. The number of non-ortho nitro benzene ring substituents is 1. The maximum atomic E-state index is 12.2. The van der Waals surface area contributed by atoms with Crippen molar-refractivity contribution in [3.8, 4) is 0 Å². The molecule has 0 atom stereocenters. The molecule has 7 nitrogen and oxygen atoms in total. The molecular formula is C23H21N3O4. The van der Waals surface area contributed by atoms with Crippen molar-refractivity contribution < 1.29 is 14.5 Å². The van der Waals surface area contributed by atoms with E-state index in [2.05, 4.69) is 10.6 Å². The number of hydrogen-bond acceptors (Lipinski definition) is 4. The first-order valence-corrected chi connectivity index (χ1v) is 9.48. The van der Waals surface area contributed by atoms with Crippen molar-refractivity contribution >= 4 is 23.2 Å². The van der Waals surface area contributed by atoms with Crippen LogP contribution in [0.15, 0.2) is 84.9 Å². The molecule has 0 aromatic heterocycles. The number of rotatable bonds is 7. The summed E-state index contributed by atoms with van der Waals surface area (Å²) < 4.78 is 0. The summed E-state index contributed by atoms with van der Waals surface area (Å²) in [5.41, 5.74) is 2.27. The molecule has 3 aromatic rings. The lowest BCUT2D eigenvalue weighted by molar-refractivity contribution is -0.384. The van der Waals surface area contributed by atoms with Gasteiger partial charge in [0.25, 0.3) is 5.69 Å². The Hall–Kier alpha value is -4.00. The van der Waals surface area contributed by atoms with Gasteiger partial charge in [-0.05, 0) is 23.6 Å². The van der Waals surface area contributed by atoms with E-state index in [9.17, 15) is 19.7 Å². The zero-order chi connectivity index (χ0) is 21.3. The number of hydrogen-bond donors (Lipinski definition) is 2. The molecule has 0 radical (unpaired) electrons. The van der Waals surface area contributed by atoms with Crippen molar-refractivity contribution in [2.45, 2.75) is 12.3 Å². The fourth-order valence-electron chi connectivity index (χ4n) is 3.19. The second-order valence-electron chi connectivity index (χ2n) is 6.68. The second kappa shape index (κ2) is 9.97. The van der Waals surface area contributed by atoms with Gasteiger partial charge in [0.15, 0.2) is 0 Å². The smallest absolute Gasteiger partial charge is 0.313 e. The van der Waals surface area contributed by atoms with Gasteiger partial charge in [-0.2, -0.15) is 0 Å². The van der Waals surface area contributed by atoms with Gasteiger partial charge in [-0.1, -0.05) is 66.7 Å². The van der Waals surface area contributed by atoms with Gasteiger partial charge in [0.1, 0.15) is 0 Å². The summed E-state index contributed by atoms with van der Waals surface area (Å²) in [6.45, 7) is 0.301. The molecule has 0 spiro atoms. The van der Waals surface area contributed by atoms with Crippen molar-refractivity contribution in [1.82, 2.24) is 5.32 Å². The zero-order valence-electron chi connectivity index (χ0n) is 16.2. The average Bonchev–Trinajstić information content (AvgIpc) is 2.78. The minimum absolute atomic E-state index is 0.0764. The van der Waals surface area contributed by atoms with Crippen molar-refractivity contribution in [3.63, 3.8) is 0 Å². The van der Waals surface area contributed by atoms with E-state index < -0.39 is 16.7 Å². The summed E-state index contributed by atoms with van der Waals surface area (Å²) >= 11 is 0. The molecule has 0 aliphatic carbocycles. The Morgan fingerprint density at radius 1 is 0.833 bits per heavy atom. The fraction of sp³-hybridized carbons (Fsp3) is 0.130. The van der Waals surface area contributed by atoms with Gasteiger partial charge in [0.2, 0.25) is 0 Å². The molecule has 152 valence electrons. The Morgan fingerprint density at radius 2 is 1.43 bits per heavy atom. The summed E-state index contributed by atoms with van der Waals surface area (Å²) in [5, 5.41) is 15.8. The highest BCUT2D eigenvalue weighted by molar-refractivity contribution is 6.39. The molecule has 2 amide bonds. The fourth-order valence-corrected chi connectivity index (χ4v) is 3.19. The van der Waals surface area contributed by atoms with Crippen LogP contribution in [0.25, 0.3) is 0 Å². The molecule has 0 fully saturated rings. The summed E-state index contributed by atoms with van der Waals surface area (Å²) in [5.74, 6) is -1.58. The van der Waals surface area contributed by atoms with Crippen LogP contribution in [-0.4, -0.2) is 23.3 Å². The van der Waals surface area contributed by atoms with E-state index in [0.717, 1.165) is 11.1 Å². The summed E-state index contributed by atoms with van der Waals surface area (Å²) in [6, 6.07) is 25.4. The Morgan fingerprint density at radius 3 is 2.00 bits per heavy atom. The summed E-state index contributed by atoms with van der Waals surface area (Å²) in [4.78, 5) is 34.5. The average molecular weight is 403 g/mol. The molecule has 0 bridgehead atoms. The number of nitro benzene ring substituents is 1. The van der Waals surface area contributed by atoms with E-state index in [-0.39, 0.29) is 17.3 Å². The molecule has 7 heteroatoms. The van der Waals surface area contributed by atoms with Crippen LogP contribution in [0.1, 0.15) is 23.5 Å². The highest BCUT2D eigenvalue weighted by atomic mass is 16.6. The molecule has 30 heavy (non-hydrogen) atoms. The number of carbonyl (C=O) groups excluding carboxylic acids is 2. The highest BCUT2D eigenvalue weighted by Gasteiger charge is 2.17. The van der Waals surface area contributed by atoms with Gasteiger partial charge in [0, 0.05) is 30.3 Å². The maximum Gasteiger partial charge on any atom is 0.313 e. The number of carbonyl (C=O) groups is 2. The van der Waals surface area contributed by atoms with Gasteiger partial charge < -0.3 is 10.6 Å². The lowest BCUT2D eigenvalue weighted by Crippen LogP contribution is -2.36. The van der Waals surface area contributed by atoms with E-state index in [4.69, 9.17) is 0 Å². The maximum absolute atomic E-state index is 12.2. The number of nitrogens with one attached hydrogen (secondary N) is 2.